The van der Waals surface area contributed by atoms with E-state index >= 15 is 0 Å². The van der Waals surface area contributed by atoms with Crippen molar-refractivity contribution in [1.29, 1.82) is 0 Å². The van der Waals surface area contributed by atoms with Crippen LogP contribution in [0.4, 0.5) is 5.69 Å². The molecule has 0 aromatic heterocycles. The Morgan fingerprint density at radius 2 is 1.83 bits per heavy atom. The van der Waals surface area contributed by atoms with E-state index in [0.29, 0.717) is 6.54 Å². The number of sulfonamides is 1. The molecule has 0 saturated heterocycles. The number of rotatable bonds is 3. The maximum atomic E-state index is 13.2. The molecule has 1 N–H and O–H groups in total. The van der Waals surface area contributed by atoms with Gasteiger partial charge in [-0.3, -0.25) is 4.31 Å². The zero-order valence-electron chi connectivity index (χ0n) is 13.2. The van der Waals surface area contributed by atoms with Crippen LogP contribution in [0, 0.1) is 6.92 Å². The number of carbonyl (C=O) groups is 1. The number of hydrogen-bond donors (Lipinski definition) is 1. The van der Waals surface area contributed by atoms with Gasteiger partial charge in [-0.25, -0.2) is 13.2 Å². The van der Waals surface area contributed by atoms with Crippen LogP contribution in [0.1, 0.15) is 34.3 Å². The van der Waals surface area contributed by atoms with E-state index < -0.39 is 16.0 Å². The second-order valence-electron chi connectivity index (χ2n) is 6.54. The Labute approximate surface area is 140 Å². The quantitative estimate of drug-likeness (QED) is 0.930. The van der Waals surface area contributed by atoms with Gasteiger partial charge in [-0.05, 0) is 49.1 Å². The zero-order valence-corrected chi connectivity index (χ0v) is 14.0. The molecular weight excluding hydrogens is 326 g/mol. The summed E-state index contributed by atoms with van der Waals surface area (Å²) in [7, 11) is -3.80. The Kier molecular flexibility index (Phi) is 3.06. The topological polar surface area (TPSA) is 74.7 Å². The molecule has 2 aromatic carbocycles. The molecule has 2 aliphatic rings. The lowest BCUT2D eigenvalue weighted by Crippen LogP contribution is -2.32. The van der Waals surface area contributed by atoms with Gasteiger partial charge < -0.3 is 5.11 Å². The number of carboxylic acid groups (broad SMARTS) is 1. The summed E-state index contributed by atoms with van der Waals surface area (Å²) in [5, 5.41) is 9.26. The highest BCUT2D eigenvalue weighted by molar-refractivity contribution is 7.93. The number of hydrogen-bond acceptors (Lipinski definition) is 3. The molecule has 0 atom stereocenters. The van der Waals surface area contributed by atoms with Crippen LogP contribution in [0.5, 0.6) is 0 Å². The number of anilines is 1. The number of fused-ring (bicyclic) bond motifs is 2. The number of nitrogens with zero attached hydrogens (tertiary/aromatic N) is 1. The molecule has 1 saturated carbocycles. The molecule has 0 radical (unpaired) electrons. The summed E-state index contributed by atoms with van der Waals surface area (Å²) in [6.07, 6.45) is 1.98. The maximum Gasteiger partial charge on any atom is 0.335 e. The fourth-order valence-corrected chi connectivity index (χ4v) is 5.44. The van der Waals surface area contributed by atoms with Crippen LogP contribution in [-0.4, -0.2) is 26.0 Å². The third-order valence-corrected chi connectivity index (χ3v) is 7.03. The van der Waals surface area contributed by atoms with E-state index in [1.807, 2.05) is 24.3 Å². The van der Waals surface area contributed by atoms with Gasteiger partial charge in [-0.2, -0.15) is 0 Å². The molecule has 1 fully saturated rings. The van der Waals surface area contributed by atoms with Crippen molar-refractivity contribution >= 4 is 21.7 Å². The van der Waals surface area contributed by atoms with Crippen LogP contribution < -0.4 is 4.31 Å². The average molecular weight is 343 g/mol. The van der Waals surface area contributed by atoms with Crippen molar-refractivity contribution in [3.8, 4) is 0 Å². The molecule has 6 heteroatoms. The van der Waals surface area contributed by atoms with Crippen molar-refractivity contribution in [1.82, 2.24) is 0 Å². The molecule has 1 aliphatic heterocycles. The predicted molar refractivity (Wildman–Crippen MR) is 90.0 cm³/mol. The second kappa shape index (κ2) is 4.83. The van der Waals surface area contributed by atoms with Crippen LogP contribution in [0.25, 0.3) is 0 Å². The summed E-state index contributed by atoms with van der Waals surface area (Å²) in [5.41, 5.74) is 2.04. The highest BCUT2D eigenvalue weighted by atomic mass is 32.2. The van der Waals surface area contributed by atoms with E-state index in [9.17, 15) is 18.3 Å². The number of aromatic carboxylic acids is 1. The molecule has 1 spiro atoms. The Balaban J connectivity index is 1.86. The van der Waals surface area contributed by atoms with E-state index in [1.54, 1.807) is 6.92 Å². The van der Waals surface area contributed by atoms with E-state index in [4.69, 9.17) is 0 Å². The highest BCUT2D eigenvalue weighted by Crippen LogP contribution is 2.57. The summed E-state index contributed by atoms with van der Waals surface area (Å²) >= 11 is 0. The molecule has 0 unspecified atom stereocenters. The molecule has 1 heterocycles. The predicted octanol–water partition coefficient (Wildman–Crippen LogP) is 2.93. The molecule has 0 bridgehead atoms. The summed E-state index contributed by atoms with van der Waals surface area (Å²) in [6, 6.07) is 12.0. The van der Waals surface area contributed by atoms with Gasteiger partial charge in [0.05, 0.1) is 16.1 Å². The van der Waals surface area contributed by atoms with E-state index in [-0.39, 0.29) is 21.4 Å². The van der Waals surface area contributed by atoms with Crippen molar-refractivity contribution in [2.75, 3.05) is 10.8 Å². The molecule has 2 aromatic rings. The molecule has 4 rings (SSSR count). The summed E-state index contributed by atoms with van der Waals surface area (Å²) in [6.45, 7) is 1.98. The molecule has 24 heavy (non-hydrogen) atoms. The van der Waals surface area contributed by atoms with E-state index in [1.165, 1.54) is 22.5 Å². The monoisotopic (exact) mass is 343 g/mol. The van der Waals surface area contributed by atoms with Gasteiger partial charge in [-0.15, -0.1) is 0 Å². The minimum Gasteiger partial charge on any atom is -0.478 e. The Hall–Kier alpha value is -2.34. The van der Waals surface area contributed by atoms with Gasteiger partial charge in [0.15, 0.2) is 0 Å². The third-order valence-electron chi connectivity index (χ3n) is 5.13. The Bertz CT molecular complexity index is 961. The van der Waals surface area contributed by atoms with E-state index in [0.717, 1.165) is 24.1 Å². The van der Waals surface area contributed by atoms with Crippen molar-refractivity contribution < 1.29 is 18.3 Å². The van der Waals surface area contributed by atoms with Crippen LogP contribution in [-0.2, 0) is 15.4 Å². The van der Waals surface area contributed by atoms with Gasteiger partial charge in [-0.1, -0.05) is 24.3 Å². The SMILES string of the molecule is Cc1c(C(=O)O)cccc1S(=O)(=O)N1CC2(CC2)c2ccccc21. The minimum absolute atomic E-state index is 0.0182. The van der Waals surface area contributed by atoms with Gasteiger partial charge in [0.1, 0.15) is 0 Å². The van der Waals surface area contributed by atoms with Gasteiger partial charge in [0.2, 0.25) is 0 Å². The maximum absolute atomic E-state index is 13.2. The lowest BCUT2D eigenvalue weighted by molar-refractivity contribution is 0.0696. The van der Waals surface area contributed by atoms with Crippen molar-refractivity contribution in [2.45, 2.75) is 30.1 Å². The smallest absolute Gasteiger partial charge is 0.335 e. The number of carboxylic acids is 1. The molecule has 124 valence electrons. The van der Waals surface area contributed by atoms with Crippen LogP contribution in [0.3, 0.4) is 0 Å². The molecule has 5 nitrogen and oxygen atoms in total. The molecule has 0 amide bonds. The van der Waals surface area contributed by atoms with Crippen LogP contribution >= 0.6 is 0 Å². The summed E-state index contributed by atoms with van der Waals surface area (Å²) in [5.74, 6) is -1.12. The zero-order chi connectivity index (χ0) is 17.1. The normalized spacial score (nSPS) is 17.8. The first kappa shape index (κ1) is 15.2. The lowest BCUT2D eigenvalue weighted by atomic mass is 9.99. The largest absolute Gasteiger partial charge is 0.478 e. The van der Waals surface area contributed by atoms with Crippen molar-refractivity contribution in [2.24, 2.45) is 0 Å². The van der Waals surface area contributed by atoms with Crippen molar-refractivity contribution in [3.63, 3.8) is 0 Å². The fourth-order valence-electron chi connectivity index (χ4n) is 3.62. The standard InChI is InChI=1S/C18H17NO4S/c1-12-13(17(20)21)5-4-8-16(12)24(22,23)19-11-18(9-10-18)14-6-2-3-7-15(14)19/h2-8H,9-11H2,1H3,(H,20,21). The number of para-hydroxylation sites is 1. The lowest BCUT2D eigenvalue weighted by Gasteiger charge is -2.21. The van der Waals surface area contributed by atoms with E-state index in [2.05, 4.69) is 0 Å². The first-order valence-corrected chi connectivity index (χ1v) is 9.26. The highest BCUT2D eigenvalue weighted by Gasteiger charge is 2.54. The third kappa shape index (κ3) is 1.99. The first-order valence-electron chi connectivity index (χ1n) is 7.82. The van der Waals surface area contributed by atoms with Crippen LogP contribution in [0.15, 0.2) is 47.4 Å². The van der Waals surface area contributed by atoms with Gasteiger partial charge in [0, 0.05) is 12.0 Å². The second-order valence-corrected chi connectivity index (χ2v) is 8.37. The Morgan fingerprint density at radius 3 is 2.50 bits per heavy atom. The molecular formula is C18H17NO4S. The van der Waals surface area contributed by atoms with Gasteiger partial charge >= 0.3 is 5.97 Å². The minimum atomic E-state index is -3.80. The van der Waals surface area contributed by atoms with Crippen LogP contribution in [0.2, 0.25) is 0 Å². The summed E-state index contributed by atoms with van der Waals surface area (Å²) < 4.78 is 27.9. The first-order chi connectivity index (χ1) is 11.4. The fraction of sp³-hybridized carbons (Fsp3) is 0.278. The molecule has 1 aliphatic carbocycles. The summed E-state index contributed by atoms with van der Waals surface area (Å²) in [4.78, 5) is 11.4. The van der Waals surface area contributed by atoms with Gasteiger partial charge in [0.25, 0.3) is 10.0 Å². The number of benzene rings is 2. The van der Waals surface area contributed by atoms with Crippen molar-refractivity contribution in [3.05, 3.63) is 59.2 Å². The average Bonchev–Trinajstić information content (AvgIpc) is 3.24. The Morgan fingerprint density at radius 1 is 1.12 bits per heavy atom.